The van der Waals surface area contributed by atoms with E-state index in [0.717, 1.165) is 41.5 Å². The van der Waals surface area contributed by atoms with Crippen LogP contribution in [0.25, 0.3) is 62.7 Å². The number of halogens is 1. The molecule has 36 nitrogen and oxygen atoms in total. The van der Waals surface area contributed by atoms with Crippen molar-refractivity contribution in [2.45, 2.75) is 164 Å². The van der Waals surface area contributed by atoms with E-state index in [2.05, 4.69) is 60.2 Å². The van der Waals surface area contributed by atoms with Crippen LogP contribution in [0.1, 0.15) is 48.0 Å². The van der Waals surface area contributed by atoms with Crippen molar-refractivity contribution < 1.29 is 90.0 Å². The highest BCUT2D eigenvalue weighted by Gasteiger charge is 2.59. The molecular weight excluding hydrogens is 979 g/mol. The summed E-state index contributed by atoms with van der Waals surface area (Å²) >= 11 is 0. The molecule has 3 aliphatic heterocycles. The minimum absolute atomic E-state index is 0.513. The van der Waals surface area contributed by atoms with E-state index in [1.54, 1.807) is 0 Å². The second kappa shape index (κ2) is 27.1. The van der Waals surface area contributed by atoms with E-state index in [9.17, 15) is 50.9 Å². The maximum absolute atomic E-state index is 16.4. The molecule has 0 aromatic carbocycles. The van der Waals surface area contributed by atoms with Gasteiger partial charge >= 0.3 is 35.8 Å². The van der Waals surface area contributed by atoms with Gasteiger partial charge in [0.15, 0.2) is 49.5 Å². The second-order valence-electron chi connectivity index (χ2n) is 15.5. The van der Waals surface area contributed by atoms with Crippen molar-refractivity contribution >= 4 is 35.8 Å². The summed E-state index contributed by atoms with van der Waals surface area (Å²) in [5.41, 5.74) is 56.8. The Hall–Kier alpha value is -7.63. The number of nitrogens with zero attached hydrogens (tertiary/aromatic N) is 18. The fraction of sp³-hybridized carbons (Fsp3) is 0.829. The molecule has 3 heterocycles. The van der Waals surface area contributed by atoms with E-state index < -0.39 is 178 Å². The molecule has 37 heteroatoms. The van der Waals surface area contributed by atoms with Crippen molar-refractivity contribution in [2.75, 3.05) is 19.7 Å². The number of alkyl halides is 1. The van der Waals surface area contributed by atoms with Gasteiger partial charge < -0.3 is 56.8 Å². The lowest BCUT2D eigenvalue weighted by Gasteiger charge is -2.47. The number of ether oxygens (including phenoxy) is 12. The van der Waals surface area contributed by atoms with Gasteiger partial charge in [-0.05, 0) is 39.6 Å². The fourth-order valence-corrected chi connectivity index (χ4v) is 8.12. The van der Waals surface area contributed by atoms with E-state index in [0.29, 0.717) is 0 Å². The topological polar surface area (TPSA) is 506 Å². The number of carbonyl (C=O) groups is 6. The minimum atomic E-state index is -2.46. The summed E-state index contributed by atoms with van der Waals surface area (Å²) in [5.74, 6) is -5.97. The Labute approximate surface area is 402 Å². The van der Waals surface area contributed by atoms with Crippen LogP contribution in [0.3, 0.4) is 0 Å². The normalized spacial score (nSPS) is 34.6. The van der Waals surface area contributed by atoms with Crippen LogP contribution in [0.15, 0.2) is 30.7 Å². The van der Waals surface area contributed by atoms with Crippen LogP contribution in [0, 0.1) is 0 Å². The molecule has 19 atom stereocenters. The van der Waals surface area contributed by atoms with Crippen molar-refractivity contribution in [3.63, 3.8) is 0 Å². The van der Waals surface area contributed by atoms with Crippen LogP contribution in [0.5, 0.6) is 0 Å². The monoisotopic (exact) mass is 1020 g/mol. The Morgan fingerprint density at radius 3 is 1.39 bits per heavy atom. The predicted molar refractivity (Wildman–Crippen MR) is 224 cm³/mol. The molecule has 0 radical (unpaired) electrons. The first-order chi connectivity index (χ1) is 34.3. The van der Waals surface area contributed by atoms with Crippen molar-refractivity contribution in [3.05, 3.63) is 62.7 Å². The standard InChI is InChI=1S/C35H45FN18O18/c1-11(55)61-10-21-29(71-34-24(48-54-42)30(65-15(5)59)28(64-14(4)58)20(68-34)9-44-50-38)32(66-16(6)60)35(69-21)72-31-25(62-12(2)56)17(45-51-39)7-18(46-52-40)26(31)70-33-23(47-53-41)22(36)27(63-13(3)57)19(67-33)8-43-49-37/h17-35H,7-10H2,1-6H3/t17?,18?,19-,20+,21-,22-,23?,24?,25+,26-,27+,28-,29-,30-,31-,32-,33?,34-,35+/m1/s1. The summed E-state index contributed by atoms with van der Waals surface area (Å²) in [6.07, 6.45) is -28.5. The number of hydrogen-bond donors (Lipinski definition) is 0. The quantitative estimate of drug-likeness (QED) is 0.0521. The third-order valence-electron chi connectivity index (χ3n) is 10.6. The Balaban J connectivity index is 1.92. The number of esters is 6. The second-order valence-corrected chi connectivity index (χ2v) is 15.5. The highest BCUT2D eigenvalue weighted by Crippen LogP contribution is 2.41. The molecule has 390 valence electrons. The molecule has 3 saturated heterocycles. The number of hydrogen-bond acceptors (Lipinski definition) is 24. The average molecular weight is 1020 g/mol. The zero-order valence-electron chi connectivity index (χ0n) is 38.6. The molecule has 0 bridgehead atoms. The van der Waals surface area contributed by atoms with Crippen LogP contribution < -0.4 is 0 Å². The molecule has 4 aliphatic rings. The zero-order valence-corrected chi connectivity index (χ0v) is 38.6. The SMILES string of the molecule is CC(=O)OC[C@H]1O[C@@H](O[C@H]2[C@H](OC3O[C@H](CN=[N+]=[N-])[C@H](OC(C)=O)[C@H](F)C3N=[N+]=[N-])C(N=[N+]=[N-])CC(N=[N+]=[N-])[C@@H]2OC(C)=O)[C@H](OC(C)=O)[C@@H]1O[C@H]1O[C@@H](CN=[N+]=[N-])[C@@H](OC(C)=O)[C@H](OC(C)=O)C1N=[N+]=[N-]. The van der Waals surface area contributed by atoms with Gasteiger partial charge in [-0.25, -0.2) is 4.39 Å². The van der Waals surface area contributed by atoms with Crippen LogP contribution in [0.2, 0.25) is 0 Å². The lowest BCUT2D eigenvalue weighted by atomic mass is 9.83. The number of rotatable bonds is 21. The number of carbonyl (C=O) groups excluding carboxylic acids is 6. The Morgan fingerprint density at radius 1 is 0.458 bits per heavy atom. The zero-order chi connectivity index (χ0) is 53.2. The summed E-state index contributed by atoms with van der Waals surface area (Å²) in [6.45, 7) is 3.65. The lowest BCUT2D eigenvalue weighted by Crippen LogP contribution is -2.64. The molecule has 5 unspecified atom stereocenters. The van der Waals surface area contributed by atoms with Crippen LogP contribution in [0.4, 0.5) is 4.39 Å². The van der Waals surface area contributed by atoms with E-state index in [1.165, 1.54) is 0 Å². The van der Waals surface area contributed by atoms with Crippen LogP contribution in [-0.4, -0.2) is 172 Å². The first kappa shape index (κ1) is 57.0. The maximum Gasteiger partial charge on any atom is 0.303 e. The molecule has 0 aromatic heterocycles. The molecule has 0 N–H and O–H groups in total. The predicted octanol–water partition coefficient (Wildman–Crippen LogP) is 3.62. The molecule has 4 rings (SSSR count). The smallest absolute Gasteiger partial charge is 0.303 e. The van der Waals surface area contributed by atoms with Crippen LogP contribution >= 0.6 is 0 Å². The highest BCUT2D eigenvalue weighted by molar-refractivity contribution is 5.68. The van der Waals surface area contributed by atoms with E-state index in [4.69, 9.17) is 67.9 Å². The van der Waals surface area contributed by atoms with Crippen molar-refractivity contribution in [1.82, 2.24) is 0 Å². The molecule has 0 spiro atoms. The third kappa shape index (κ3) is 14.9. The van der Waals surface area contributed by atoms with Gasteiger partial charge in [0.1, 0.15) is 55.3 Å². The number of azide groups is 6. The summed E-state index contributed by atoms with van der Waals surface area (Å²) in [7, 11) is 0. The summed E-state index contributed by atoms with van der Waals surface area (Å²) < 4.78 is 85.9. The van der Waals surface area contributed by atoms with Gasteiger partial charge in [-0.2, -0.15) is 0 Å². The van der Waals surface area contributed by atoms with Gasteiger partial charge in [0.2, 0.25) is 0 Å². The average Bonchev–Trinajstić information content (AvgIpc) is 3.61. The van der Waals surface area contributed by atoms with Gasteiger partial charge in [-0.1, -0.05) is 30.7 Å². The maximum atomic E-state index is 16.4. The van der Waals surface area contributed by atoms with Crippen molar-refractivity contribution in [2.24, 2.45) is 30.7 Å². The van der Waals surface area contributed by atoms with E-state index >= 15 is 4.39 Å². The van der Waals surface area contributed by atoms with Gasteiger partial charge in [0, 0.05) is 71.0 Å². The van der Waals surface area contributed by atoms with Gasteiger partial charge in [-0.15, -0.1) is 0 Å². The van der Waals surface area contributed by atoms with Gasteiger partial charge in [0.25, 0.3) is 0 Å². The molecule has 0 amide bonds. The first-order valence-electron chi connectivity index (χ1n) is 21.1. The molecule has 1 aliphatic carbocycles. The van der Waals surface area contributed by atoms with Crippen molar-refractivity contribution in [3.8, 4) is 0 Å². The van der Waals surface area contributed by atoms with E-state index in [-0.39, 0.29) is 0 Å². The van der Waals surface area contributed by atoms with Gasteiger partial charge in [0.05, 0.1) is 31.3 Å². The Kier molecular flexibility index (Phi) is 21.4. The van der Waals surface area contributed by atoms with Crippen molar-refractivity contribution in [1.29, 1.82) is 0 Å². The Morgan fingerprint density at radius 2 is 0.875 bits per heavy atom. The Bertz CT molecular complexity index is 2320. The van der Waals surface area contributed by atoms with Gasteiger partial charge in [-0.3, -0.25) is 28.8 Å². The molecule has 1 saturated carbocycles. The summed E-state index contributed by atoms with van der Waals surface area (Å²) in [6, 6.07) is -6.95. The molecule has 0 aromatic rings. The highest BCUT2D eigenvalue weighted by atomic mass is 19.1. The molecular formula is C35H45FN18O18. The fourth-order valence-electron chi connectivity index (χ4n) is 8.12. The summed E-state index contributed by atoms with van der Waals surface area (Å²) in [4.78, 5) is 91.0. The van der Waals surface area contributed by atoms with Crippen LogP contribution in [-0.2, 0) is 85.6 Å². The summed E-state index contributed by atoms with van der Waals surface area (Å²) in [5, 5.41) is 21.4. The van der Waals surface area contributed by atoms with E-state index in [1.807, 2.05) is 0 Å². The lowest BCUT2D eigenvalue weighted by molar-refractivity contribution is -0.304. The minimum Gasteiger partial charge on any atom is -0.463 e. The molecule has 4 fully saturated rings. The first-order valence-corrected chi connectivity index (χ1v) is 21.1. The third-order valence-corrected chi connectivity index (χ3v) is 10.6. The largest absolute Gasteiger partial charge is 0.463 e. The molecule has 72 heavy (non-hydrogen) atoms.